The first-order chi connectivity index (χ1) is 15.6. The topological polar surface area (TPSA) is 104 Å². The molecule has 32 heavy (non-hydrogen) atoms. The summed E-state index contributed by atoms with van der Waals surface area (Å²) in [5.41, 5.74) is 1.68. The van der Waals surface area contributed by atoms with E-state index in [0.29, 0.717) is 48.7 Å². The van der Waals surface area contributed by atoms with Gasteiger partial charge in [-0.25, -0.2) is 14.6 Å². The molecule has 0 aliphatic heterocycles. The number of nitrogens with zero attached hydrogens (tertiary/aromatic N) is 5. The van der Waals surface area contributed by atoms with Crippen LogP contribution >= 0.6 is 15.9 Å². The summed E-state index contributed by atoms with van der Waals surface area (Å²) >= 11 is 3.41. The molecule has 3 heterocycles. The fraction of sp³-hybridized carbons (Fsp3) is 0.227. The third kappa shape index (κ3) is 4.70. The molecule has 0 bridgehead atoms. The molecule has 1 aromatic carbocycles. The highest BCUT2D eigenvalue weighted by Gasteiger charge is 2.14. The Morgan fingerprint density at radius 2 is 2.00 bits per heavy atom. The van der Waals surface area contributed by atoms with E-state index >= 15 is 0 Å². The minimum Gasteiger partial charge on any atom is -0.477 e. The van der Waals surface area contributed by atoms with Crippen LogP contribution in [0.25, 0.3) is 11.0 Å². The summed E-state index contributed by atoms with van der Waals surface area (Å²) in [4.78, 5) is 33.9. The number of fused-ring (bicyclic) bond motifs is 1. The molecule has 1 amide bonds. The molecule has 0 saturated carbocycles. The first-order valence-corrected chi connectivity index (χ1v) is 10.9. The molecule has 164 valence electrons. The Hall–Kier alpha value is -3.53. The van der Waals surface area contributed by atoms with Crippen LogP contribution in [0.4, 0.5) is 0 Å². The van der Waals surface area contributed by atoms with Crippen molar-refractivity contribution in [2.24, 2.45) is 0 Å². The van der Waals surface area contributed by atoms with Gasteiger partial charge in [-0.1, -0.05) is 28.1 Å². The number of amides is 1. The predicted octanol–water partition coefficient (Wildman–Crippen LogP) is 2.63. The standard InChI is InChI=1S/C22H21BrN6O3/c1-2-32-21-17(4-3-9-25-21)20(30)24-10-11-29-19-18(12-27-29)22(31)28(14-26-19)13-15-5-7-16(23)8-6-15/h3-9,12,14H,2,10-11,13H2,1H3,(H,24,30). The van der Waals surface area contributed by atoms with Crippen LogP contribution < -0.4 is 15.6 Å². The molecular formula is C22H21BrN6O3. The van der Waals surface area contributed by atoms with Crippen molar-refractivity contribution in [1.82, 2.24) is 29.6 Å². The van der Waals surface area contributed by atoms with Crippen molar-refractivity contribution in [1.29, 1.82) is 0 Å². The molecule has 0 aliphatic rings. The van der Waals surface area contributed by atoms with E-state index in [1.54, 1.807) is 27.6 Å². The second-order valence-corrected chi connectivity index (χ2v) is 7.87. The fourth-order valence-electron chi connectivity index (χ4n) is 3.25. The van der Waals surface area contributed by atoms with Crippen LogP contribution in [0.2, 0.25) is 0 Å². The minimum atomic E-state index is -0.289. The van der Waals surface area contributed by atoms with Gasteiger partial charge in [0.25, 0.3) is 11.5 Å². The molecule has 0 radical (unpaired) electrons. The van der Waals surface area contributed by atoms with E-state index in [0.717, 1.165) is 10.0 Å². The molecule has 3 aromatic heterocycles. The monoisotopic (exact) mass is 496 g/mol. The number of ether oxygens (including phenoxy) is 1. The van der Waals surface area contributed by atoms with Gasteiger partial charge in [0.1, 0.15) is 17.3 Å². The molecule has 1 N–H and O–H groups in total. The van der Waals surface area contributed by atoms with Gasteiger partial charge >= 0.3 is 0 Å². The zero-order chi connectivity index (χ0) is 22.5. The number of hydrogen-bond donors (Lipinski definition) is 1. The number of rotatable bonds is 8. The number of pyridine rings is 1. The van der Waals surface area contributed by atoms with Crippen LogP contribution in [0, 0.1) is 0 Å². The minimum absolute atomic E-state index is 0.162. The van der Waals surface area contributed by atoms with Crippen molar-refractivity contribution in [2.45, 2.75) is 20.0 Å². The highest BCUT2D eigenvalue weighted by atomic mass is 79.9. The lowest BCUT2D eigenvalue weighted by Crippen LogP contribution is -2.28. The maximum Gasteiger partial charge on any atom is 0.264 e. The molecule has 0 saturated heterocycles. The summed E-state index contributed by atoms with van der Waals surface area (Å²) in [6, 6.07) is 11.1. The van der Waals surface area contributed by atoms with Gasteiger partial charge in [-0.05, 0) is 36.8 Å². The lowest BCUT2D eigenvalue weighted by molar-refractivity contribution is 0.0947. The van der Waals surface area contributed by atoms with Crippen molar-refractivity contribution in [3.8, 4) is 5.88 Å². The van der Waals surface area contributed by atoms with Gasteiger partial charge in [-0.15, -0.1) is 0 Å². The van der Waals surface area contributed by atoms with Crippen LogP contribution in [0.15, 0.2) is 64.4 Å². The van der Waals surface area contributed by atoms with E-state index in [1.165, 1.54) is 12.5 Å². The number of carbonyl (C=O) groups excluding carboxylic acids is 1. The molecule has 0 spiro atoms. The Labute approximate surface area is 192 Å². The molecule has 0 unspecified atom stereocenters. The predicted molar refractivity (Wildman–Crippen MR) is 123 cm³/mol. The van der Waals surface area contributed by atoms with E-state index < -0.39 is 0 Å². The zero-order valence-corrected chi connectivity index (χ0v) is 18.9. The average molecular weight is 497 g/mol. The normalized spacial score (nSPS) is 10.9. The van der Waals surface area contributed by atoms with Crippen molar-refractivity contribution in [3.05, 3.63) is 81.1 Å². The van der Waals surface area contributed by atoms with Gasteiger partial charge in [0.05, 0.1) is 25.9 Å². The van der Waals surface area contributed by atoms with Gasteiger partial charge < -0.3 is 10.1 Å². The molecule has 10 heteroatoms. The number of nitrogens with one attached hydrogen (secondary N) is 1. The lowest BCUT2D eigenvalue weighted by atomic mass is 10.2. The number of benzene rings is 1. The Balaban J connectivity index is 1.44. The van der Waals surface area contributed by atoms with Crippen LogP contribution in [0.3, 0.4) is 0 Å². The molecular weight excluding hydrogens is 476 g/mol. The Bertz CT molecular complexity index is 1300. The second-order valence-electron chi connectivity index (χ2n) is 6.95. The lowest BCUT2D eigenvalue weighted by Gasteiger charge is -2.10. The van der Waals surface area contributed by atoms with E-state index in [9.17, 15) is 9.59 Å². The van der Waals surface area contributed by atoms with E-state index in [-0.39, 0.29) is 11.5 Å². The molecule has 4 rings (SSSR count). The van der Waals surface area contributed by atoms with Gasteiger partial charge in [0.2, 0.25) is 5.88 Å². The fourth-order valence-corrected chi connectivity index (χ4v) is 3.51. The summed E-state index contributed by atoms with van der Waals surface area (Å²) in [6.07, 6.45) is 4.61. The number of carbonyl (C=O) groups is 1. The Kier molecular flexibility index (Phi) is 6.60. The SMILES string of the molecule is CCOc1ncccc1C(=O)NCCn1ncc2c(=O)n(Cc3ccc(Br)cc3)cnc21. The highest BCUT2D eigenvalue weighted by molar-refractivity contribution is 9.10. The van der Waals surface area contributed by atoms with Gasteiger partial charge in [-0.3, -0.25) is 14.2 Å². The summed E-state index contributed by atoms with van der Waals surface area (Å²) < 4.78 is 9.54. The molecule has 9 nitrogen and oxygen atoms in total. The highest BCUT2D eigenvalue weighted by Crippen LogP contribution is 2.14. The van der Waals surface area contributed by atoms with Crippen molar-refractivity contribution in [2.75, 3.05) is 13.2 Å². The number of aromatic nitrogens is 5. The molecule has 0 atom stereocenters. The quantitative estimate of drug-likeness (QED) is 0.402. The van der Waals surface area contributed by atoms with E-state index in [1.807, 2.05) is 31.2 Å². The average Bonchev–Trinajstić information content (AvgIpc) is 3.21. The van der Waals surface area contributed by atoms with Crippen LogP contribution in [-0.2, 0) is 13.1 Å². The maximum absolute atomic E-state index is 12.8. The van der Waals surface area contributed by atoms with Crippen LogP contribution in [0.5, 0.6) is 5.88 Å². The Morgan fingerprint density at radius 3 is 2.78 bits per heavy atom. The van der Waals surface area contributed by atoms with Crippen LogP contribution in [0.1, 0.15) is 22.8 Å². The van der Waals surface area contributed by atoms with Crippen molar-refractivity contribution in [3.63, 3.8) is 0 Å². The Morgan fingerprint density at radius 1 is 1.19 bits per heavy atom. The molecule has 0 aliphatic carbocycles. The molecule has 4 aromatic rings. The first-order valence-electron chi connectivity index (χ1n) is 10.1. The van der Waals surface area contributed by atoms with Crippen LogP contribution in [-0.4, -0.2) is 43.4 Å². The maximum atomic E-state index is 12.8. The van der Waals surface area contributed by atoms with Gasteiger partial charge in [0, 0.05) is 17.2 Å². The number of halogens is 1. The third-order valence-corrected chi connectivity index (χ3v) is 5.32. The van der Waals surface area contributed by atoms with Gasteiger partial charge in [0.15, 0.2) is 5.65 Å². The van der Waals surface area contributed by atoms with Gasteiger partial charge in [-0.2, -0.15) is 5.10 Å². The summed E-state index contributed by atoms with van der Waals surface area (Å²) in [5.74, 6) is 0.00727. The van der Waals surface area contributed by atoms with Crippen molar-refractivity contribution < 1.29 is 9.53 Å². The van der Waals surface area contributed by atoms with E-state index in [2.05, 4.69) is 36.3 Å². The summed E-state index contributed by atoms with van der Waals surface area (Å²) in [7, 11) is 0. The largest absolute Gasteiger partial charge is 0.477 e. The number of hydrogen-bond acceptors (Lipinski definition) is 6. The smallest absolute Gasteiger partial charge is 0.264 e. The first kappa shape index (κ1) is 21.7. The third-order valence-electron chi connectivity index (χ3n) is 4.79. The summed E-state index contributed by atoms with van der Waals surface area (Å²) in [5, 5.41) is 7.54. The second kappa shape index (κ2) is 9.73. The zero-order valence-electron chi connectivity index (χ0n) is 17.4. The van der Waals surface area contributed by atoms with E-state index in [4.69, 9.17) is 4.74 Å². The van der Waals surface area contributed by atoms with Crippen molar-refractivity contribution >= 4 is 32.9 Å². The molecule has 0 fully saturated rings. The summed E-state index contributed by atoms with van der Waals surface area (Å²) in [6.45, 7) is 3.34.